The van der Waals surface area contributed by atoms with Gasteiger partial charge in [0, 0.05) is 29.0 Å². The molecule has 0 bridgehead atoms. The van der Waals surface area contributed by atoms with Gasteiger partial charge < -0.3 is 15.6 Å². The number of benzene rings is 2. The Labute approximate surface area is 273 Å². The molecule has 0 unspecified atom stereocenters. The lowest BCUT2D eigenvalue weighted by Crippen LogP contribution is -2.36. The average molecular weight is 642 g/mol. The number of fused-ring (bicyclic) bond motifs is 3. The van der Waals surface area contributed by atoms with Crippen LogP contribution in [0.1, 0.15) is 62.0 Å². The molecule has 2 fully saturated rings. The van der Waals surface area contributed by atoms with Crippen LogP contribution in [0.5, 0.6) is 11.5 Å². The van der Waals surface area contributed by atoms with Crippen LogP contribution in [-0.2, 0) is 18.5 Å². The summed E-state index contributed by atoms with van der Waals surface area (Å²) in [5.41, 5.74) is 10.6. The van der Waals surface area contributed by atoms with Crippen LogP contribution >= 0.6 is 11.3 Å². The zero-order chi connectivity index (χ0) is 32.1. The molecule has 4 aromatic heterocycles. The first-order chi connectivity index (χ1) is 22.7. The van der Waals surface area contributed by atoms with Crippen LogP contribution in [0.25, 0.3) is 33.2 Å². The second kappa shape index (κ2) is 9.89. The molecule has 234 valence electrons. The maximum atomic E-state index is 14.7. The molecule has 3 N–H and O–H groups in total. The highest BCUT2D eigenvalue weighted by Crippen LogP contribution is 2.50. The molecule has 2 aromatic carbocycles. The number of phenols is 1. The van der Waals surface area contributed by atoms with E-state index in [1.54, 1.807) is 22.1 Å². The molecule has 1 aliphatic heterocycles. The van der Waals surface area contributed by atoms with Crippen molar-refractivity contribution in [3.05, 3.63) is 86.4 Å². The van der Waals surface area contributed by atoms with Gasteiger partial charge in [-0.3, -0.25) is 9.36 Å². The molecule has 11 heteroatoms. The Kier molecular flexibility index (Phi) is 5.90. The summed E-state index contributed by atoms with van der Waals surface area (Å²) in [7, 11) is 0. The molecule has 2 saturated carbocycles. The summed E-state index contributed by atoms with van der Waals surface area (Å²) >= 11 is 1.62. The van der Waals surface area contributed by atoms with Crippen LogP contribution in [0.4, 0.5) is 5.82 Å². The van der Waals surface area contributed by atoms with Gasteiger partial charge in [-0.1, -0.05) is 17.9 Å². The number of aromatic hydroxyl groups is 1. The second-order valence-electron chi connectivity index (χ2n) is 13.4. The molecular weight excluding hydrogens is 611 g/mol. The standard InChI is InChI=1S/C36H31N7O3S/c1-35(2)16-24-23(10-11-26(44)31(24)46-35)30-29-32(37)38-19-39-33(29)42(41-30)17-27-40-25-5-3-4-21(9-8-20-6-7-20)28(25)34(45)43(27)36(13-14-36)22-12-15-47-18-22/h3-5,10-12,15,18-20,44H,6-7,13-14,16-17H2,1-2H3,(H2,37,38,39). The van der Waals surface area contributed by atoms with Gasteiger partial charge in [-0.2, -0.15) is 16.4 Å². The Morgan fingerprint density at radius 1 is 1.13 bits per heavy atom. The van der Waals surface area contributed by atoms with Crippen LogP contribution in [0.2, 0.25) is 0 Å². The van der Waals surface area contributed by atoms with E-state index >= 15 is 0 Å². The molecule has 2 aliphatic carbocycles. The Morgan fingerprint density at radius 2 is 1.98 bits per heavy atom. The fourth-order valence-electron chi connectivity index (χ4n) is 6.95. The monoisotopic (exact) mass is 641 g/mol. The number of ether oxygens (including phenoxy) is 1. The van der Waals surface area contributed by atoms with Gasteiger partial charge in [-0.15, -0.1) is 0 Å². The van der Waals surface area contributed by atoms with E-state index in [4.69, 9.17) is 20.6 Å². The Bertz CT molecular complexity index is 2390. The fourth-order valence-corrected chi connectivity index (χ4v) is 7.70. The number of hydrogen-bond acceptors (Lipinski definition) is 9. The van der Waals surface area contributed by atoms with Crippen LogP contribution in [-0.4, -0.2) is 40.0 Å². The lowest BCUT2D eigenvalue weighted by Gasteiger charge is -2.23. The van der Waals surface area contributed by atoms with Crippen molar-refractivity contribution in [1.82, 2.24) is 29.3 Å². The fraction of sp³-hybridized carbons (Fsp3) is 0.306. The van der Waals surface area contributed by atoms with E-state index in [0.717, 1.165) is 42.4 Å². The summed E-state index contributed by atoms with van der Waals surface area (Å²) in [6, 6.07) is 11.3. The SMILES string of the molecule is CC1(C)Cc2c(-c3nn(Cc4nc5cccc(C#CC6CC6)c5c(=O)n4C4(c5ccsc5)CC4)c4ncnc(N)c34)ccc(O)c2O1. The van der Waals surface area contributed by atoms with E-state index in [1.165, 1.54) is 6.33 Å². The number of hydrogen-bond donors (Lipinski definition) is 2. The van der Waals surface area contributed by atoms with Gasteiger partial charge in [0.1, 0.15) is 35.8 Å². The zero-order valence-corrected chi connectivity index (χ0v) is 26.8. The second-order valence-corrected chi connectivity index (χ2v) is 14.2. The molecule has 3 aliphatic rings. The molecule has 9 rings (SSSR count). The van der Waals surface area contributed by atoms with Crippen LogP contribution in [0.15, 0.2) is 58.3 Å². The minimum atomic E-state index is -0.496. The third kappa shape index (κ3) is 4.42. The van der Waals surface area contributed by atoms with Crippen molar-refractivity contribution < 1.29 is 9.84 Å². The van der Waals surface area contributed by atoms with Gasteiger partial charge in [0.15, 0.2) is 17.1 Å². The predicted molar refractivity (Wildman–Crippen MR) is 181 cm³/mol. The lowest BCUT2D eigenvalue weighted by molar-refractivity contribution is 0.134. The zero-order valence-electron chi connectivity index (χ0n) is 25.9. The maximum Gasteiger partial charge on any atom is 0.263 e. The summed E-state index contributed by atoms with van der Waals surface area (Å²) in [4.78, 5) is 28.8. The van der Waals surface area contributed by atoms with E-state index in [2.05, 4.69) is 38.6 Å². The summed E-state index contributed by atoms with van der Waals surface area (Å²) in [6.45, 7) is 4.14. The van der Waals surface area contributed by atoms with Gasteiger partial charge in [-0.25, -0.2) is 19.6 Å². The van der Waals surface area contributed by atoms with Crippen molar-refractivity contribution in [2.75, 3.05) is 5.73 Å². The van der Waals surface area contributed by atoms with Crippen LogP contribution in [0.3, 0.4) is 0 Å². The molecule has 0 radical (unpaired) electrons. The number of phenolic OH excluding ortho intramolecular Hbond substituents is 1. The summed E-state index contributed by atoms with van der Waals surface area (Å²) in [5, 5.41) is 21.0. The van der Waals surface area contributed by atoms with Crippen molar-refractivity contribution in [3.63, 3.8) is 0 Å². The van der Waals surface area contributed by atoms with Crippen LogP contribution in [0, 0.1) is 17.8 Å². The molecule has 5 heterocycles. The molecule has 0 atom stereocenters. The maximum absolute atomic E-state index is 14.7. The van der Waals surface area contributed by atoms with E-state index in [1.807, 2.05) is 42.7 Å². The number of anilines is 1. The minimum Gasteiger partial charge on any atom is -0.504 e. The molecule has 6 aromatic rings. The topological polar surface area (TPSA) is 134 Å². The predicted octanol–water partition coefficient (Wildman–Crippen LogP) is 5.61. The van der Waals surface area contributed by atoms with E-state index in [9.17, 15) is 9.90 Å². The molecule has 0 amide bonds. The van der Waals surface area contributed by atoms with Crippen molar-refractivity contribution >= 4 is 39.1 Å². The number of nitrogen functional groups attached to an aromatic ring is 1. The first-order valence-corrected chi connectivity index (χ1v) is 16.8. The highest BCUT2D eigenvalue weighted by molar-refractivity contribution is 7.08. The average Bonchev–Trinajstić information content (AvgIpc) is 3.90. The number of aromatic nitrogens is 6. The normalized spacial score (nSPS) is 17.3. The first-order valence-electron chi connectivity index (χ1n) is 15.8. The Hall–Kier alpha value is -5.21. The number of thiophene rings is 1. The smallest absolute Gasteiger partial charge is 0.263 e. The van der Waals surface area contributed by atoms with E-state index in [0.29, 0.717) is 57.1 Å². The largest absolute Gasteiger partial charge is 0.504 e. The highest BCUT2D eigenvalue weighted by atomic mass is 32.1. The Morgan fingerprint density at radius 3 is 2.74 bits per heavy atom. The summed E-state index contributed by atoms with van der Waals surface area (Å²) in [6.07, 6.45) is 5.88. The van der Waals surface area contributed by atoms with Gasteiger partial charge in [0.2, 0.25) is 0 Å². The summed E-state index contributed by atoms with van der Waals surface area (Å²) < 4.78 is 9.76. The molecule has 0 saturated heterocycles. The minimum absolute atomic E-state index is 0.0796. The molecule has 0 spiro atoms. The third-order valence-corrected chi connectivity index (χ3v) is 10.2. The number of nitrogens with two attached hydrogens (primary N) is 1. The van der Waals surface area contributed by atoms with Crippen molar-refractivity contribution in [2.45, 2.75) is 63.6 Å². The number of nitrogens with zero attached hydrogens (tertiary/aromatic N) is 6. The van der Waals surface area contributed by atoms with Gasteiger partial charge >= 0.3 is 0 Å². The molecule has 10 nitrogen and oxygen atoms in total. The van der Waals surface area contributed by atoms with E-state index < -0.39 is 11.1 Å². The van der Waals surface area contributed by atoms with Crippen molar-refractivity contribution in [2.24, 2.45) is 5.92 Å². The molecular formula is C36H31N7O3S. The van der Waals surface area contributed by atoms with Crippen molar-refractivity contribution in [3.8, 4) is 34.6 Å². The third-order valence-electron chi connectivity index (χ3n) is 9.49. The Balaban J connectivity index is 1.26. The van der Waals surface area contributed by atoms with Crippen molar-refractivity contribution in [1.29, 1.82) is 0 Å². The quantitative estimate of drug-likeness (QED) is 0.232. The van der Waals surface area contributed by atoms with Crippen LogP contribution < -0.4 is 16.0 Å². The van der Waals surface area contributed by atoms with Gasteiger partial charge in [0.05, 0.1) is 21.8 Å². The summed E-state index contributed by atoms with van der Waals surface area (Å²) in [5.74, 6) is 8.42. The van der Waals surface area contributed by atoms with Gasteiger partial charge in [-0.05, 0) is 86.2 Å². The molecule has 47 heavy (non-hydrogen) atoms. The van der Waals surface area contributed by atoms with E-state index in [-0.39, 0.29) is 23.7 Å². The number of rotatable bonds is 5. The lowest BCUT2D eigenvalue weighted by atomic mass is 9.95. The first kappa shape index (κ1) is 28.0. The van der Waals surface area contributed by atoms with Gasteiger partial charge in [0.25, 0.3) is 5.56 Å². The highest BCUT2D eigenvalue weighted by Gasteiger charge is 2.49.